The second-order valence-corrected chi connectivity index (χ2v) is 6.71. The van der Waals surface area contributed by atoms with Crippen LogP contribution in [0.5, 0.6) is 0 Å². The van der Waals surface area contributed by atoms with Gasteiger partial charge in [0, 0.05) is 18.8 Å². The van der Waals surface area contributed by atoms with Crippen LogP contribution >= 0.6 is 0 Å². The summed E-state index contributed by atoms with van der Waals surface area (Å²) >= 11 is 0. The van der Waals surface area contributed by atoms with Crippen molar-refractivity contribution in [3.8, 4) is 11.3 Å². The summed E-state index contributed by atoms with van der Waals surface area (Å²) < 4.78 is 1.97. The summed E-state index contributed by atoms with van der Waals surface area (Å²) in [6, 6.07) is 5.69. The molecule has 0 aliphatic heterocycles. The molecule has 140 valence electrons. The lowest BCUT2D eigenvalue weighted by Gasteiger charge is -2.14. The van der Waals surface area contributed by atoms with E-state index in [9.17, 15) is 4.79 Å². The number of nitrogens with zero attached hydrogens (tertiary/aromatic N) is 3. The lowest BCUT2D eigenvalue weighted by molar-refractivity contribution is 0.547. The van der Waals surface area contributed by atoms with Crippen LogP contribution in [0, 0.1) is 6.92 Å². The van der Waals surface area contributed by atoms with E-state index >= 15 is 0 Å². The molecule has 0 aliphatic carbocycles. The zero-order valence-corrected chi connectivity index (χ0v) is 16.2. The first-order chi connectivity index (χ1) is 13.0. The van der Waals surface area contributed by atoms with Crippen molar-refractivity contribution in [2.75, 3.05) is 11.9 Å². The monoisotopic (exact) mass is 363 g/mol. The number of nitrogens with one attached hydrogen (secondary N) is 2. The van der Waals surface area contributed by atoms with Crippen LogP contribution in [0.15, 0.2) is 53.5 Å². The van der Waals surface area contributed by atoms with E-state index in [-0.39, 0.29) is 11.6 Å². The number of aromatic nitrogens is 4. The number of rotatable bonds is 6. The maximum Gasteiger partial charge on any atom is 0.257 e. The van der Waals surface area contributed by atoms with Gasteiger partial charge in [-0.05, 0) is 51.5 Å². The average molecular weight is 363 g/mol. The van der Waals surface area contributed by atoms with Gasteiger partial charge < -0.3 is 10.3 Å². The Morgan fingerprint density at radius 1 is 1.44 bits per heavy atom. The Kier molecular flexibility index (Phi) is 5.26. The van der Waals surface area contributed by atoms with E-state index in [1.807, 2.05) is 36.7 Å². The Bertz CT molecular complexity index is 1070. The minimum atomic E-state index is -0.163. The molecule has 0 atom stereocenters. The normalized spacial score (nSPS) is 12.0. The van der Waals surface area contributed by atoms with Crippen molar-refractivity contribution in [3.63, 3.8) is 0 Å². The summed E-state index contributed by atoms with van der Waals surface area (Å²) in [6.45, 7) is 12.6. The Hall–Kier alpha value is -3.15. The summed E-state index contributed by atoms with van der Waals surface area (Å²) in [6.07, 6.45) is 5.47. The van der Waals surface area contributed by atoms with Gasteiger partial charge in [-0.3, -0.25) is 9.48 Å². The lowest BCUT2D eigenvalue weighted by atomic mass is 10.1. The molecule has 6 nitrogen and oxygen atoms in total. The van der Waals surface area contributed by atoms with Gasteiger partial charge in [-0.25, -0.2) is 4.98 Å². The molecular weight excluding hydrogens is 338 g/mol. The first kappa shape index (κ1) is 18.6. The summed E-state index contributed by atoms with van der Waals surface area (Å²) in [5, 5.41) is 8.14. The molecule has 3 heterocycles. The third kappa shape index (κ3) is 3.56. The molecule has 3 aromatic rings. The summed E-state index contributed by atoms with van der Waals surface area (Å²) in [5.74, 6) is 0. The maximum atomic E-state index is 12.3. The number of aromatic amines is 1. The van der Waals surface area contributed by atoms with Gasteiger partial charge in [-0.1, -0.05) is 18.7 Å². The molecule has 6 heteroatoms. The van der Waals surface area contributed by atoms with E-state index in [1.165, 1.54) is 0 Å². The lowest BCUT2D eigenvalue weighted by Crippen LogP contribution is -2.11. The fraction of sp³-hybridized carbons (Fsp3) is 0.286. The predicted octanol–water partition coefficient (Wildman–Crippen LogP) is 4.22. The van der Waals surface area contributed by atoms with Gasteiger partial charge in [0.15, 0.2) is 0 Å². The standard InChI is InChI=1S/C21H25N5O/c1-6-15(7-2)12-23-18-11-17(16-9-8-10-22-21(16)27)24-19-14(5)25-26(13(3)4)20(18)19/h6-11,13H,1,12H2,2-5H3,(H,22,27)(H,23,24)/b15-7+. The molecule has 27 heavy (non-hydrogen) atoms. The van der Waals surface area contributed by atoms with Crippen LogP contribution in [-0.4, -0.2) is 26.3 Å². The van der Waals surface area contributed by atoms with Gasteiger partial charge in [0.2, 0.25) is 0 Å². The van der Waals surface area contributed by atoms with Crippen LogP contribution in [0.4, 0.5) is 5.69 Å². The molecule has 0 unspecified atom stereocenters. The number of anilines is 1. The number of H-pyrrole nitrogens is 1. The zero-order chi connectivity index (χ0) is 19.6. The average Bonchev–Trinajstić information content (AvgIpc) is 3.00. The third-order valence-corrected chi connectivity index (χ3v) is 4.52. The fourth-order valence-electron chi connectivity index (χ4n) is 3.04. The van der Waals surface area contributed by atoms with E-state index in [4.69, 9.17) is 4.98 Å². The largest absolute Gasteiger partial charge is 0.379 e. The van der Waals surface area contributed by atoms with Crippen LogP contribution in [0.3, 0.4) is 0 Å². The SMILES string of the molecule is C=C/C(=C\C)CNc1cc(-c2ccc[nH]c2=O)nc2c(C)nn(C(C)C)c12. The van der Waals surface area contributed by atoms with Crippen LogP contribution in [0.1, 0.15) is 32.5 Å². The molecule has 0 aromatic carbocycles. The molecule has 0 aliphatic rings. The highest BCUT2D eigenvalue weighted by Gasteiger charge is 2.18. The molecular formula is C21H25N5O. The highest BCUT2D eigenvalue weighted by molar-refractivity contribution is 5.92. The number of hydrogen-bond acceptors (Lipinski definition) is 4. The molecule has 3 rings (SSSR count). The second kappa shape index (κ2) is 7.61. The van der Waals surface area contributed by atoms with Crippen molar-refractivity contribution < 1.29 is 0 Å². The van der Waals surface area contributed by atoms with Gasteiger partial charge in [-0.15, -0.1) is 0 Å². The second-order valence-electron chi connectivity index (χ2n) is 6.71. The highest BCUT2D eigenvalue weighted by atomic mass is 16.1. The van der Waals surface area contributed by atoms with Crippen molar-refractivity contribution in [1.82, 2.24) is 19.7 Å². The van der Waals surface area contributed by atoms with E-state index in [2.05, 4.69) is 35.8 Å². The van der Waals surface area contributed by atoms with Crippen molar-refractivity contribution >= 4 is 16.7 Å². The predicted molar refractivity (Wildman–Crippen MR) is 111 cm³/mol. The van der Waals surface area contributed by atoms with Crippen molar-refractivity contribution in [2.45, 2.75) is 33.7 Å². The number of aryl methyl sites for hydroxylation is 1. The summed E-state index contributed by atoms with van der Waals surface area (Å²) in [7, 11) is 0. The van der Waals surface area contributed by atoms with E-state index in [0.29, 0.717) is 17.8 Å². The number of allylic oxidation sites excluding steroid dienone is 1. The minimum Gasteiger partial charge on any atom is -0.379 e. The van der Waals surface area contributed by atoms with E-state index < -0.39 is 0 Å². The molecule has 0 bridgehead atoms. The molecule has 0 amide bonds. The van der Waals surface area contributed by atoms with Crippen molar-refractivity contribution in [3.05, 3.63) is 64.7 Å². The molecule has 0 spiro atoms. The Morgan fingerprint density at radius 3 is 2.85 bits per heavy atom. The van der Waals surface area contributed by atoms with Crippen LogP contribution < -0.4 is 10.9 Å². The third-order valence-electron chi connectivity index (χ3n) is 4.52. The first-order valence-electron chi connectivity index (χ1n) is 9.05. The van der Waals surface area contributed by atoms with E-state index in [1.54, 1.807) is 18.3 Å². The quantitative estimate of drug-likeness (QED) is 0.643. The number of hydrogen-bond donors (Lipinski definition) is 2. The smallest absolute Gasteiger partial charge is 0.257 e. The van der Waals surface area contributed by atoms with Gasteiger partial charge in [0.05, 0.1) is 22.6 Å². The highest BCUT2D eigenvalue weighted by Crippen LogP contribution is 2.31. The zero-order valence-electron chi connectivity index (χ0n) is 16.2. The first-order valence-corrected chi connectivity index (χ1v) is 9.05. The molecule has 0 saturated heterocycles. The topological polar surface area (TPSA) is 75.6 Å². The Morgan fingerprint density at radius 2 is 2.22 bits per heavy atom. The van der Waals surface area contributed by atoms with Gasteiger partial charge in [0.1, 0.15) is 11.0 Å². The van der Waals surface area contributed by atoms with Gasteiger partial charge in [-0.2, -0.15) is 5.10 Å². The van der Waals surface area contributed by atoms with Gasteiger partial charge >= 0.3 is 0 Å². The van der Waals surface area contributed by atoms with E-state index in [0.717, 1.165) is 28.0 Å². The maximum absolute atomic E-state index is 12.3. The minimum absolute atomic E-state index is 0.163. The van der Waals surface area contributed by atoms with Crippen LogP contribution in [0.25, 0.3) is 22.3 Å². The molecule has 0 fully saturated rings. The number of fused-ring (bicyclic) bond motifs is 1. The van der Waals surface area contributed by atoms with Crippen molar-refractivity contribution in [1.29, 1.82) is 0 Å². The molecule has 2 N–H and O–H groups in total. The Labute approximate surface area is 158 Å². The molecule has 3 aromatic heterocycles. The molecule has 0 saturated carbocycles. The van der Waals surface area contributed by atoms with Crippen molar-refractivity contribution in [2.24, 2.45) is 0 Å². The number of pyridine rings is 2. The van der Waals surface area contributed by atoms with Crippen LogP contribution in [0.2, 0.25) is 0 Å². The Balaban J connectivity index is 2.23. The fourth-order valence-corrected chi connectivity index (χ4v) is 3.04. The van der Waals surface area contributed by atoms with Gasteiger partial charge in [0.25, 0.3) is 5.56 Å². The molecule has 0 radical (unpaired) electrons. The van der Waals surface area contributed by atoms with Crippen LogP contribution in [-0.2, 0) is 0 Å². The summed E-state index contributed by atoms with van der Waals surface area (Å²) in [5.41, 5.74) is 5.56. The summed E-state index contributed by atoms with van der Waals surface area (Å²) in [4.78, 5) is 19.7.